The molecule has 1 aromatic carbocycles. The van der Waals surface area contributed by atoms with Gasteiger partial charge in [0.1, 0.15) is 5.60 Å². The van der Waals surface area contributed by atoms with Crippen LogP contribution in [0.1, 0.15) is 47.8 Å². The summed E-state index contributed by atoms with van der Waals surface area (Å²) in [5.74, 6) is -0.972. The van der Waals surface area contributed by atoms with E-state index in [0.717, 1.165) is 11.3 Å². The number of carboxylic acid groups (broad SMARTS) is 1. The largest absolute Gasteiger partial charge is 0.478 e. The first-order valence-electron chi connectivity index (χ1n) is 8.79. The lowest BCUT2D eigenvalue weighted by Gasteiger charge is -2.38. The molecular formula is C19H29N3O4. The summed E-state index contributed by atoms with van der Waals surface area (Å²) < 4.78 is 5.42. The van der Waals surface area contributed by atoms with Gasteiger partial charge in [-0.1, -0.05) is 0 Å². The Balaban J connectivity index is 2.25. The molecule has 0 saturated carbocycles. The van der Waals surface area contributed by atoms with Gasteiger partial charge in [-0.15, -0.1) is 0 Å². The van der Waals surface area contributed by atoms with Crippen LogP contribution in [-0.2, 0) is 4.74 Å². The number of nitrogen functional groups attached to an aromatic ring is 1. The van der Waals surface area contributed by atoms with Gasteiger partial charge in [-0.3, -0.25) is 0 Å². The van der Waals surface area contributed by atoms with Crippen molar-refractivity contribution in [2.75, 3.05) is 36.8 Å². The van der Waals surface area contributed by atoms with Crippen molar-refractivity contribution in [1.29, 1.82) is 0 Å². The number of carboxylic acids is 1. The highest BCUT2D eigenvalue weighted by molar-refractivity contribution is 5.96. The topological polar surface area (TPSA) is 96.1 Å². The van der Waals surface area contributed by atoms with Gasteiger partial charge >= 0.3 is 12.1 Å². The van der Waals surface area contributed by atoms with Crippen molar-refractivity contribution in [3.63, 3.8) is 0 Å². The lowest BCUT2D eigenvalue weighted by atomic mass is 9.94. The molecule has 7 nitrogen and oxygen atoms in total. The summed E-state index contributed by atoms with van der Waals surface area (Å²) >= 11 is 0. The van der Waals surface area contributed by atoms with Gasteiger partial charge < -0.3 is 25.4 Å². The first-order chi connectivity index (χ1) is 11.9. The molecule has 0 aliphatic carbocycles. The number of amides is 1. The monoisotopic (exact) mass is 363 g/mol. The van der Waals surface area contributed by atoms with Crippen molar-refractivity contribution in [3.8, 4) is 0 Å². The number of nitrogens with zero attached hydrogens (tertiary/aromatic N) is 2. The van der Waals surface area contributed by atoms with Crippen molar-refractivity contribution < 1.29 is 19.4 Å². The van der Waals surface area contributed by atoms with Crippen molar-refractivity contribution in [3.05, 3.63) is 22.3 Å². The molecule has 2 rings (SSSR count). The van der Waals surface area contributed by atoms with E-state index in [1.54, 1.807) is 11.8 Å². The third-order valence-electron chi connectivity index (χ3n) is 4.73. The first kappa shape index (κ1) is 19.9. The number of nitrogens with two attached hydrogens (primary N) is 1. The van der Waals surface area contributed by atoms with Crippen LogP contribution in [-0.4, -0.2) is 53.8 Å². The lowest BCUT2D eigenvalue weighted by molar-refractivity contribution is 0.0240. The standard InChI is InChI=1S/C19H29N3O4/c1-11-14(17(23)24)12(2)16(13(3)15(11)20)21-7-9-22(10-8-21)18(25)26-19(4,5)6/h7-10,20H2,1-6H3,(H,23,24). The molecule has 0 bridgehead atoms. The normalized spacial score (nSPS) is 15.2. The fourth-order valence-corrected chi connectivity index (χ4v) is 3.46. The molecule has 0 radical (unpaired) electrons. The van der Waals surface area contributed by atoms with Crippen LogP contribution in [0.2, 0.25) is 0 Å². The molecule has 144 valence electrons. The molecular weight excluding hydrogens is 334 g/mol. The Kier molecular flexibility index (Phi) is 5.39. The van der Waals surface area contributed by atoms with Crippen LogP contribution in [0.3, 0.4) is 0 Å². The Morgan fingerprint density at radius 1 is 1.00 bits per heavy atom. The van der Waals surface area contributed by atoms with E-state index in [1.807, 2.05) is 34.6 Å². The van der Waals surface area contributed by atoms with E-state index in [9.17, 15) is 14.7 Å². The fraction of sp³-hybridized carbons (Fsp3) is 0.579. The second-order valence-electron chi connectivity index (χ2n) is 7.77. The van der Waals surface area contributed by atoms with Gasteiger partial charge in [-0.05, 0) is 58.2 Å². The minimum Gasteiger partial charge on any atom is -0.478 e. The van der Waals surface area contributed by atoms with E-state index in [1.165, 1.54) is 0 Å². The first-order valence-corrected chi connectivity index (χ1v) is 8.79. The van der Waals surface area contributed by atoms with E-state index in [4.69, 9.17) is 10.5 Å². The summed E-state index contributed by atoms with van der Waals surface area (Å²) in [6.45, 7) is 13.2. The molecule has 1 aliphatic rings. The highest BCUT2D eigenvalue weighted by Crippen LogP contribution is 2.36. The molecule has 1 saturated heterocycles. The SMILES string of the molecule is Cc1c(N)c(C)c(N2CCN(C(=O)OC(C)(C)C)CC2)c(C)c1C(=O)O. The zero-order valence-corrected chi connectivity index (χ0v) is 16.5. The van der Waals surface area contributed by atoms with E-state index in [-0.39, 0.29) is 11.7 Å². The number of piperazine rings is 1. The zero-order chi connectivity index (χ0) is 19.8. The third-order valence-corrected chi connectivity index (χ3v) is 4.73. The molecule has 1 heterocycles. The molecule has 26 heavy (non-hydrogen) atoms. The minimum atomic E-state index is -0.972. The van der Waals surface area contributed by atoms with Crippen molar-refractivity contribution in [2.24, 2.45) is 0 Å². The van der Waals surface area contributed by atoms with Gasteiger partial charge in [0, 0.05) is 37.6 Å². The number of aromatic carboxylic acids is 1. The smallest absolute Gasteiger partial charge is 0.410 e. The number of carbonyl (C=O) groups is 2. The van der Waals surface area contributed by atoms with Gasteiger partial charge in [0.15, 0.2) is 0 Å². The Hall–Kier alpha value is -2.44. The zero-order valence-electron chi connectivity index (χ0n) is 16.5. The minimum absolute atomic E-state index is 0.262. The van der Waals surface area contributed by atoms with Crippen LogP contribution in [0.15, 0.2) is 0 Å². The third kappa shape index (κ3) is 3.86. The van der Waals surface area contributed by atoms with E-state index in [0.29, 0.717) is 43.0 Å². The summed E-state index contributed by atoms with van der Waals surface area (Å²) in [5, 5.41) is 9.56. The molecule has 3 N–H and O–H groups in total. The lowest BCUT2D eigenvalue weighted by Crippen LogP contribution is -2.50. The maximum Gasteiger partial charge on any atom is 0.410 e. The molecule has 0 unspecified atom stereocenters. The van der Waals surface area contributed by atoms with Gasteiger partial charge in [-0.2, -0.15) is 0 Å². The number of hydrogen-bond donors (Lipinski definition) is 2. The number of rotatable bonds is 2. The van der Waals surface area contributed by atoms with Gasteiger partial charge in [0.2, 0.25) is 0 Å². The predicted molar refractivity (Wildman–Crippen MR) is 102 cm³/mol. The van der Waals surface area contributed by atoms with Crippen LogP contribution in [0.4, 0.5) is 16.2 Å². The number of ether oxygens (including phenoxy) is 1. The average molecular weight is 363 g/mol. The molecule has 0 aromatic heterocycles. The molecule has 1 aromatic rings. The van der Waals surface area contributed by atoms with E-state index < -0.39 is 11.6 Å². The summed E-state index contributed by atoms with van der Waals surface area (Å²) in [7, 11) is 0. The second-order valence-corrected chi connectivity index (χ2v) is 7.77. The molecule has 1 aliphatic heterocycles. The highest BCUT2D eigenvalue weighted by Gasteiger charge is 2.29. The Morgan fingerprint density at radius 3 is 2.00 bits per heavy atom. The maximum atomic E-state index is 12.2. The average Bonchev–Trinajstić information content (AvgIpc) is 2.51. The van der Waals surface area contributed by atoms with Crippen molar-refractivity contribution in [2.45, 2.75) is 47.1 Å². The van der Waals surface area contributed by atoms with Crippen LogP contribution >= 0.6 is 0 Å². The second kappa shape index (κ2) is 7.05. The number of anilines is 2. The summed E-state index contributed by atoms with van der Waals surface area (Å²) in [6.07, 6.45) is -0.319. The Bertz CT molecular complexity index is 730. The van der Waals surface area contributed by atoms with E-state index in [2.05, 4.69) is 4.90 Å². The Morgan fingerprint density at radius 2 is 1.54 bits per heavy atom. The number of benzene rings is 1. The molecule has 0 spiro atoms. The van der Waals surface area contributed by atoms with Crippen LogP contribution < -0.4 is 10.6 Å². The summed E-state index contributed by atoms with van der Waals surface area (Å²) in [5.41, 5.74) is 9.47. The van der Waals surface area contributed by atoms with Crippen LogP contribution in [0.5, 0.6) is 0 Å². The van der Waals surface area contributed by atoms with Crippen LogP contribution in [0, 0.1) is 20.8 Å². The van der Waals surface area contributed by atoms with Crippen LogP contribution in [0.25, 0.3) is 0 Å². The van der Waals surface area contributed by atoms with Gasteiger partial charge in [-0.25, -0.2) is 9.59 Å². The summed E-state index contributed by atoms with van der Waals surface area (Å²) in [4.78, 5) is 27.7. The molecule has 0 atom stereocenters. The number of hydrogen-bond acceptors (Lipinski definition) is 5. The maximum absolute atomic E-state index is 12.2. The highest BCUT2D eigenvalue weighted by atomic mass is 16.6. The summed E-state index contributed by atoms with van der Waals surface area (Å²) in [6, 6.07) is 0. The van der Waals surface area contributed by atoms with Gasteiger partial charge in [0.05, 0.1) is 5.56 Å². The Labute approximate surface area is 154 Å². The van der Waals surface area contributed by atoms with Gasteiger partial charge in [0.25, 0.3) is 0 Å². The molecule has 1 amide bonds. The van der Waals surface area contributed by atoms with E-state index >= 15 is 0 Å². The fourth-order valence-electron chi connectivity index (χ4n) is 3.46. The number of carbonyl (C=O) groups excluding carboxylic acids is 1. The van der Waals surface area contributed by atoms with Crippen molar-refractivity contribution in [1.82, 2.24) is 4.90 Å². The van der Waals surface area contributed by atoms with Crippen molar-refractivity contribution >= 4 is 23.4 Å². The molecule has 7 heteroatoms. The quantitative estimate of drug-likeness (QED) is 0.784. The predicted octanol–water partition coefficient (Wildman–Crippen LogP) is 2.95. The molecule has 1 fully saturated rings.